The maximum absolute atomic E-state index is 2.33. The maximum Gasteiger partial charge on any atom is -0.00998 e. The van der Waals surface area contributed by atoms with Gasteiger partial charge in [0.1, 0.15) is 0 Å². The van der Waals surface area contributed by atoms with E-state index in [0.29, 0.717) is 5.41 Å². The molecule has 13 heavy (non-hydrogen) atoms. The Kier molecular flexibility index (Phi) is 2.15. The SMILES string of the molecule is CCC1(CC)C[C@@H]1c1ccccc1. The van der Waals surface area contributed by atoms with Crippen LogP contribution in [0.15, 0.2) is 30.3 Å². The predicted molar refractivity (Wildman–Crippen MR) is 56.8 cm³/mol. The summed E-state index contributed by atoms with van der Waals surface area (Å²) in [6.07, 6.45) is 4.08. The second kappa shape index (κ2) is 3.17. The third-order valence-electron chi connectivity index (χ3n) is 3.80. The van der Waals surface area contributed by atoms with E-state index in [2.05, 4.69) is 44.2 Å². The van der Waals surface area contributed by atoms with Crippen molar-refractivity contribution >= 4 is 0 Å². The van der Waals surface area contributed by atoms with Crippen LogP contribution in [0.3, 0.4) is 0 Å². The lowest BCUT2D eigenvalue weighted by Gasteiger charge is -2.11. The third-order valence-corrected chi connectivity index (χ3v) is 3.80. The van der Waals surface area contributed by atoms with Gasteiger partial charge in [-0.25, -0.2) is 0 Å². The minimum atomic E-state index is 0.654. The Morgan fingerprint density at radius 1 is 1.15 bits per heavy atom. The van der Waals surface area contributed by atoms with Crippen LogP contribution < -0.4 is 0 Å². The van der Waals surface area contributed by atoms with Crippen molar-refractivity contribution in [2.45, 2.75) is 39.0 Å². The summed E-state index contributed by atoms with van der Waals surface area (Å²) in [6, 6.07) is 11.0. The molecular formula is C13H18. The van der Waals surface area contributed by atoms with Gasteiger partial charge in [0, 0.05) is 0 Å². The van der Waals surface area contributed by atoms with Crippen molar-refractivity contribution in [1.29, 1.82) is 0 Å². The molecule has 1 aliphatic rings. The van der Waals surface area contributed by atoms with E-state index in [9.17, 15) is 0 Å². The Labute approximate surface area is 81.0 Å². The Bertz CT molecular complexity index is 269. The van der Waals surface area contributed by atoms with Crippen LogP contribution in [0.2, 0.25) is 0 Å². The fourth-order valence-corrected chi connectivity index (χ4v) is 2.54. The molecule has 0 heterocycles. The maximum atomic E-state index is 2.33. The van der Waals surface area contributed by atoms with Gasteiger partial charge in [-0.2, -0.15) is 0 Å². The summed E-state index contributed by atoms with van der Waals surface area (Å²) < 4.78 is 0. The second-order valence-electron chi connectivity index (χ2n) is 4.24. The molecule has 0 bridgehead atoms. The van der Waals surface area contributed by atoms with Gasteiger partial charge in [0.15, 0.2) is 0 Å². The van der Waals surface area contributed by atoms with Crippen LogP contribution in [0, 0.1) is 5.41 Å². The highest BCUT2D eigenvalue weighted by atomic mass is 14.5. The zero-order valence-electron chi connectivity index (χ0n) is 8.59. The Balaban J connectivity index is 2.15. The van der Waals surface area contributed by atoms with E-state index in [1.807, 2.05) is 0 Å². The topological polar surface area (TPSA) is 0 Å². The molecule has 0 unspecified atom stereocenters. The molecule has 1 saturated carbocycles. The van der Waals surface area contributed by atoms with Gasteiger partial charge in [0.25, 0.3) is 0 Å². The molecule has 1 aliphatic carbocycles. The predicted octanol–water partition coefficient (Wildman–Crippen LogP) is 3.98. The minimum absolute atomic E-state index is 0.654. The van der Waals surface area contributed by atoms with Crippen molar-refractivity contribution in [3.63, 3.8) is 0 Å². The molecule has 0 radical (unpaired) electrons. The van der Waals surface area contributed by atoms with Gasteiger partial charge in [0.2, 0.25) is 0 Å². The smallest absolute Gasteiger partial charge is 0.00998 e. The van der Waals surface area contributed by atoms with Gasteiger partial charge in [-0.15, -0.1) is 0 Å². The van der Waals surface area contributed by atoms with Crippen LogP contribution in [-0.4, -0.2) is 0 Å². The van der Waals surface area contributed by atoms with E-state index in [1.165, 1.54) is 19.3 Å². The molecule has 0 aliphatic heterocycles. The van der Waals surface area contributed by atoms with Crippen molar-refractivity contribution < 1.29 is 0 Å². The van der Waals surface area contributed by atoms with Crippen molar-refractivity contribution in [3.05, 3.63) is 35.9 Å². The highest BCUT2D eigenvalue weighted by molar-refractivity contribution is 5.29. The van der Waals surface area contributed by atoms with Gasteiger partial charge in [-0.1, -0.05) is 44.2 Å². The van der Waals surface area contributed by atoms with Crippen molar-refractivity contribution in [3.8, 4) is 0 Å². The van der Waals surface area contributed by atoms with Crippen LogP contribution in [0.25, 0.3) is 0 Å². The van der Waals surface area contributed by atoms with Crippen molar-refractivity contribution in [1.82, 2.24) is 0 Å². The average molecular weight is 174 g/mol. The van der Waals surface area contributed by atoms with E-state index < -0.39 is 0 Å². The first-order valence-electron chi connectivity index (χ1n) is 5.37. The number of benzene rings is 1. The lowest BCUT2D eigenvalue weighted by atomic mass is 9.94. The van der Waals surface area contributed by atoms with E-state index in [1.54, 1.807) is 5.56 Å². The first kappa shape index (κ1) is 8.80. The molecule has 0 heteroatoms. The van der Waals surface area contributed by atoms with Gasteiger partial charge in [0.05, 0.1) is 0 Å². The van der Waals surface area contributed by atoms with Gasteiger partial charge in [-0.05, 0) is 36.2 Å². The second-order valence-corrected chi connectivity index (χ2v) is 4.24. The standard InChI is InChI=1S/C13H18/c1-3-13(4-2)10-12(13)11-8-6-5-7-9-11/h5-9,12H,3-4,10H2,1-2H3/t12-/m1/s1. The Hall–Kier alpha value is -0.780. The summed E-state index contributed by atoms with van der Waals surface area (Å²) >= 11 is 0. The quantitative estimate of drug-likeness (QED) is 0.650. The lowest BCUT2D eigenvalue weighted by molar-refractivity contribution is 0.455. The van der Waals surface area contributed by atoms with Gasteiger partial charge < -0.3 is 0 Å². The fraction of sp³-hybridized carbons (Fsp3) is 0.538. The van der Waals surface area contributed by atoms with Crippen LogP contribution in [0.5, 0.6) is 0 Å². The molecule has 0 spiro atoms. The van der Waals surface area contributed by atoms with Crippen LogP contribution in [0.1, 0.15) is 44.6 Å². The molecule has 1 atom stereocenters. The van der Waals surface area contributed by atoms with Crippen LogP contribution in [0.4, 0.5) is 0 Å². The summed E-state index contributed by atoms with van der Waals surface area (Å²) in [4.78, 5) is 0. The van der Waals surface area contributed by atoms with E-state index >= 15 is 0 Å². The number of hydrogen-bond donors (Lipinski definition) is 0. The Morgan fingerprint density at radius 2 is 1.77 bits per heavy atom. The van der Waals surface area contributed by atoms with Crippen molar-refractivity contribution in [2.24, 2.45) is 5.41 Å². The number of rotatable bonds is 3. The first-order valence-corrected chi connectivity index (χ1v) is 5.37. The average Bonchev–Trinajstić information content (AvgIpc) is 2.95. The van der Waals surface area contributed by atoms with Crippen LogP contribution >= 0.6 is 0 Å². The van der Waals surface area contributed by atoms with E-state index in [0.717, 1.165) is 5.92 Å². The van der Waals surface area contributed by atoms with Crippen LogP contribution in [-0.2, 0) is 0 Å². The molecule has 0 nitrogen and oxygen atoms in total. The summed E-state index contributed by atoms with van der Waals surface area (Å²) in [5.41, 5.74) is 2.20. The van der Waals surface area contributed by atoms with E-state index in [-0.39, 0.29) is 0 Å². The summed E-state index contributed by atoms with van der Waals surface area (Å²) in [6.45, 7) is 4.65. The molecule has 1 aromatic rings. The monoisotopic (exact) mass is 174 g/mol. The Morgan fingerprint density at radius 3 is 2.23 bits per heavy atom. The highest BCUT2D eigenvalue weighted by Crippen LogP contribution is 2.63. The number of hydrogen-bond acceptors (Lipinski definition) is 0. The zero-order chi connectivity index (χ0) is 9.31. The fourth-order valence-electron chi connectivity index (χ4n) is 2.54. The molecule has 0 N–H and O–H groups in total. The lowest BCUT2D eigenvalue weighted by Crippen LogP contribution is -1.99. The molecule has 0 saturated heterocycles. The summed E-state index contributed by atoms with van der Waals surface area (Å²) in [7, 11) is 0. The molecule has 0 amide bonds. The molecule has 2 rings (SSSR count). The third kappa shape index (κ3) is 1.39. The molecule has 0 aromatic heterocycles. The normalized spacial score (nSPS) is 24.3. The molecule has 1 aromatic carbocycles. The molecule has 70 valence electrons. The summed E-state index contributed by atoms with van der Waals surface area (Å²) in [5.74, 6) is 0.851. The minimum Gasteiger partial charge on any atom is -0.0648 e. The first-order chi connectivity index (χ1) is 6.32. The van der Waals surface area contributed by atoms with E-state index in [4.69, 9.17) is 0 Å². The summed E-state index contributed by atoms with van der Waals surface area (Å²) in [5, 5.41) is 0. The molecule has 1 fully saturated rings. The zero-order valence-corrected chi connectivity index (χ0v) is 8.59. The highest BCUT2D eigenvalue weighted by Gasteiger charge is 2.51. The molecular weight excluding hydrogens is 156 g/mol. The van der Waals surface area contributed by atoms with Crippen molar-refractivity contribution in [2.75, 3.05) is 0 Å². The van der Waals surface area contributed by atoms with Gasteiger partial charge in [-0.3, -0.25) is 0 Å². The largest absolute Gasteiger partial charge is 0.0648 e. The van der Waals surface area contributed by atoms with Gasteiger partial charge >= 0.3 is 0 Å².